The Balaban J connectivity index is 2.00. The first-order chi connectivity index (χ1) is 14.2. The number of benzene rings is 2. The van der Waals surface area contributed by atoms with E-state index >= 15 is 0 Å². The van der Waals surface area contributed by atoms with Gasteiger partial charge in [-0.25, -0.2) is 4.79 Å². The number of para-hydroxylation sites is 1. The second-order valence-corrected chi connectivity index (χ2v) is 8.50. The molecule has 1 saturated heterocycles. The Bertz CT molecular complexity index is 951. The highest BCUT2D eigenvalue weighted by Gasteiger charge is 2.41. The first-order valence-corrected chi connectivity index (χ1v) is 10.2. The molecule has 2 N–H and O–H groups in total. The van der Waals surface area contributed by atoms with E-state index in [2.05, 4.69) is 5.32 Å². The highest BCUT2D eigenvalue weighted by molar-refractivity contribution is 6.32. The summed E-state index contributed by atoms with van der Waals surface area (Å²) in [6.45, 7) is 2.92. The van der Waals surface area contributed by atoms with Crippen LogP contribution < -0.4 is 10.1 Å². The molecule has 1 fully saturated rings. The fraction of sp³-hybridized carbons (Fsp3) is 0.364. The Hall–Kier alpha value is -2.28. The molecule has 6 nitrogen and oxygen atoms in total. The summed E-state index contributed by atoms with van der Waals surface area (Å²) < 4.78 is 11.9. The third kappa shape index (κ3) is 5.45. The largest absolute Gasteiger partial charge is 0.480 e. The molecule has 8 heteroatoms. The van der Waals surface area contributed by atoms with Gasteiger partial charge in [-0.05, 0) is 30.7 Å². The molecule has 2 aromatic rings. The lowest BCUT2D eigenvalue weighted by atomic mass is 9.81. The Kier molecular flexibility index (Phi) is 6.91. The average molecular weight is 452 g/mol. The van der Waals surface area contributed by atoms with Crippen LogP contribution in [-0.4, -0.2) is 29.1 Å². The van der Waals surface area contributed by atoms with Crippen molar-refractivity contribution in [3.05, 3.63) is 63.6 Å². The normalized spacial score (nSPS) is 23.6. The molecule has 1 aliphatic heterocycles. The van der Waals surface area contributed by atoms with Crippen LogP contribution in [0.15, 0.2) is 42.5 Å². The number of amides is 1. The predicted molar refractivity (Wildman–Crippen MR) is 114 cm³/mol. The van der Waals surface area contributed by atoms with Crippen LogP contribution in [0.1, 0.15) is 50.0 Å². The van der Waals surface area contributed by atoms with Crippen molar-refractivity contribution in [1.82, 2.24) is 5.32 Å². The fourth-order valence-electron chi connectivity index (χ4n) is 3.88. The number of hydrogen-bond acceptors (Lipinski definition) is 4. The molecule has 30 heavy (non-hydrogen) atoms. The third-order valence-corrected chi connectivity index (χ3v) is 5.52. The van der Waals surface area contributed by atoms with Gasteiger partial charge in [-0.2, -0.15) is 0 Å². The average Bonchev–Trinajstić information content (AvgIpc) is 2.65. The monoisotopic (exact) mass is 451 g/mol. The number of carbonyl (C=O) groups excluding carboxylic acids is 1. The molecule has 2 aromatic carbocycles. The van der Waals surface area contributed by atoms with E-state index in [0.29, 0.717) is 28.5 Å². The van der Waals surface area contributed by atoms with Crippen molar-refractivity contribution in [1.29, 1.82) is 0 Å². The topological polar surface area (TPSA) is 84.9 Å². The van der Waals surface area contributed by atoms with E-state index in [4.69, 9.17) is 37.8 Å². The predicted octanol–water partition coefficient (Wildman–Crippen LogP) is 4.94. The second kappa shape index (κ2) is 9.25. The van der Waals surface area contributed by atoms with Gasteiger partial charge in [-0.1, -0.05) is 47.5 Å². The van der Waals surface area contributed by atoms with Gasteiger partial charge in [0.2, 0.25) is 5.91 Å². The van der Waals surface area contributed by atoms with Crippen molar-refractivity contribution in [2.75, 3.05) is 6.61 Å². The zero-order chi connectivity index (χ0) is 21.9. The molecule has 1 amide bonds. The number of carboxylic acid groups (broad SMARTS) is 1. The summed E-state index contributed by atoms with van der Waals surface area (Å²) in [7, 11) is 0. The minimum Gasteiger partial charge on any atom is -0.480 e. The van der Waals surface area contributed by atoms with Crippen molar-refractivity contribution in [2.45, 2.75) is 44.4 Å². The molecule has 0 saturated carbocycles. The molecule has 160 valence electrons. The maximum absolute atomic E-state index is 11.9. The van der Waals surface area contributed by atoms with Gasteiger partial charge in [0, 0.05) is 35.9 Å². The molecule has 0 bridgehead atoms. The van der Waals surface area contributed by atoms with Crippen LogP contribution in [-0.2, 0) is 14.3 Å². The van der Waals surface area contributed by atoms with Gasteiger partial charge in [-0.3, -0.25) is 4.79 Å². The van der Waals surface area contributed by atoms with Crippen LogP contribution in [0.25, 0.3) is 0 Å². The minimum absolute atomic E-state index is 0.142. The number of carboxylic acids is 1. The molecule has 0 aromatic heterocycles. The van der Waals surface area contributed by atoms with Crippen molar-refractivity contribution >= 4 is 35.1 Å². The molecule has 0 aliphatic carbocycles. The fourth-order valence-corrected chi connectivity index (χ4v) is 4.31. The Morgan fingerprint density at radius 2 is 1.90 bits per heavy atom. The second-order valence-electron chi connectivity index (χ2n) is 7.66. The lowest BCUT2D eigenvalue weighted by molar-refractivity contribution is -0.139. The van der Waals surface area contributed by atoms with E-state index in [9.17, 15) is 9.59 Å². The number of nitrogens with one attached hydrogen (secondary N) is 1. The standard InChI is InChI=1S/C22H23Cl2NO5/c1-13(26)25-22(2)10-18(14-5-3-6-15(23)9-14)30-19(11-22)16-7-4-8-17(24)21(16)29-12-20(27)28/h3-9,18-19H,10-12H2,1-2H3,(H,25,26)(H,27,28)/t18-,19+,22+/m0/s1. The lowest BCUT2D eigenvalue weighted by Crippen LogP contribution is -2.50. The van der Waals surface area contributed by atoms with E-state index < -0.39 is 24.2 Å². The molecular weight excluding hydrogens is 429 g/mol. The molecule has 3 atom stereocenters. The van der Waals surface area contributed by atoms with Gasteiger partial charge in [-0.15, -0.1) is 0 Å². The molecule has 0 unspecified atom stereocenters. The van der Waals surface area contributed by atoms with Crippen LogP contribution in [0.3, 0.4) is 0 Å². The van der Waals surface area contributed by atoms with Crippen molar-refractivity contribution in [2.24, 2.45) is 0 Å². The molecule has 3 rings (SSSR count). The highest BCUT2D eigenvalue weighted by atomic mass is 35.5. The maximum Gasteiger partial charge on any atom is 0.341 e. The lowest BCUT2D eigenvalue weighted by Gasteiger charge is -2.43. The van der Waals surface area contributed by atoms with E-state index in [-0.39, 0.29) is 17.8 Å². The molecule has 0 spiro atoms. The van der Waals surface area contributed by atoms with E-state index in [0.717, 1.165) is 5.56 Å². The van der Waals surface area contributed by atoms with Crippen LogP contribution in [0.2, 0.25) is 10.0 Å². The Morgan fingerprint density at radius 3 is 2.57 bits per heavy atom. The van der Waals surface area contributed by atoms with Gasteiger partial charge in [0.15, 0.2) is 6.61 Å². The Morgan fingerprint density at radius 1 is 1.20 bits per heavy atom. The van der Waals surface area contributed by atoms with Crippen LogP contribution >= 0.6 is 23.2 Å². The molecule has 1 aliphatic rings. The Labute approximate surface area is 185 Å². The SMILES string of the molecule is CC(=O)N[C@]1(C)C[C@@H](c2cccc(Cl)c2)O[C@@H](c2cccc(Cl)c2OCC(=O)O)C1. The number of carbonyl (C=O) groups is 2. The third-order valence-electron chi connectivity index (χ3n) is 4.98. The summed E-state index contributed by atoms with van der Waals surface area (Å²) >= 11 is 12.5. The maximum atomic E-state index is 11.9. The quantitative estimate of drug-likeness (QED) is 0.649. The first-order valence-electron chi connectivity index (χ1n) is 9.49. The number of rotatable bonds is 6. The van der Waals surface area contributed by atoms with Crippen molar-refractivity contribution in [3.63, 3.8) is 0 Å². The van der Waals surface area contributed by atoms with Gasteiger partial charge in [0.1, 0.15) is 5.75 Å². The summed E-state index contributed by atoms with van der Waals surface area (Å²) in [6.07, 6.45) is 0.190. The number of halogens is 2. The summed E-state index contributed by atoms with van der Waals surface area (Å²) in [6, 6.07) is 12.6. The van der Waals surface area contributed by atoms with Crippen molar-refractivity contribution < 1.29 is 24.2 Å². The summed E-state index contributed by atoms with van der Waals surface area (Å²) in [5.74, 6) is -0.981. The van der Waals surface area contributed by atoms with Gasteiger partial charge >= 0.3 is 5.97 Å². The van der Waals surface area contributed by atoms with Crippen molar-refractivity contribution in [3.8, 4) is 5.75 Å². The van der Waals surface area contributed by atoms with Crippen LogP contribution in [0, 0.1) is 0 Å². The van der Waals surface area contributed by atoms with Gasteiger partial charge in [0.05, 0.1) is 17.2 Å². The van der Waals surface area contributed by atoms with E-state index in [1.54, 1.807) is 24.3 Å². The van der Waals surface area contributed by atoms with E-state index in [1.807, 2.05) is 25.1 Å². The minimum atomic E-state index is -1.11. The van der Waals surface area contributed by atoms with Gasteiger partial charge < -0.3 is 19.9 Å². The van der Waals surface area contributed by atoms with E-state index in [1.165, 1.54) is 6.92 Å². The highest BCUT2D eigenvalue weighted by Crippen LogP contribution is 2.47. The summed E-state index contributed by atoms with van der Waals surface area (Å²) in [5.41, 5.74) is 0.958. The molecular formula is C22H23Cl2NO5. The number of ether oxygens (including phenoxy) is 2. The number of hydrogen-bond donors (Lipinski definition) is 2. The summed E-state index contributed by atoms with van der Waals surface area (Å²) in [5, 5.41) is 12.9. The molecule has 0 radical (unpaired) electrons. The zero-order valence-electron chi connectivity index (χ0n) is 16.7. The smallest absolute Gasteiger partial charge is 0.341 e. The van der Waals surface area contributed by atoms with Crippen LogP contribution in [0.4, 0.5) is 0 Å². The van der Waals surface area contributed by atoms with Crippen LogP contribution in [0.5, 0.6) is 5.75 Å². The van der Waals surface area contributed by atoms with Gasteiger partial charge in [0.25, 0.3) is 0 Å². The molecule has 1 heterocycles. The summed E-state index contributed by atoms with van der Waals surface area (Å²) in [4.78, 5) is 22.9. The zero-order valence-corrected chi connectivity index (χ0v) is 18.2. The first kappa shape index (κ1) is 22.4. The number of aliphatic carboxylic acids is 1.